The minimum absolute atomic E-state index is 0.392. The zero-order valence-corrected chi connectivity index (χ0v) is 12.6. The van der Waals surface area contributed by atoms with E-state index in [9.17, 15) is 4.79 Å². The predicted octanol–water partition coefficient (Wildman–Crippen LogP) is 4.62. The third-order valence-corrected chi connectivity index (χ3v) is 3.19. The molecule has 0 saturated heterocycles. The molecule has 0 bridgehead atoms. The van der Waals surface area contributed by atoms with Gasteiger partial charge in [0.1, 0.15) is 0 Å². The lowest BCUT2D eigenvalue weighted by atomic mass is 10.1. The monoisotopic (exact) mass is 293 g/mol. The molecule has 3 nitrogen and oxygen atoms in total. The van der Waals surface area contributed by atoms with E-state index in [1.54, 1.807) is 11.0 Å². The summed E-state index contributed by atoms with van der Waals surface area (Å²) >= 11 is 0. The molecule has 0 heterocycles. The van der Waals surface area contributed by atoms with Crippen molar-refractivity contribution in [3.8, 4) is 0 Å². The van der Waals surface area contributed by atoms with Gasteiger partial charge in [-0.25, -0.2) is 4.79 Å². The summed E-state index contributed by atoms with van der Waals surface area (Å²) < 4.78 is 4.85. The summed E-state index contributed by atoms with van der Waals surface area (Å²) in [6.07, 6.45) is 5.28. The molecule has 0 atom stereocenters. The number of hydrogen-bond donors (Lipinski definition) is 0. The number of para-hydroxylation sites is 1. The predicted molar refractivity (Wildman–Crippen MR) is 91.8 cm³/mol. The molecule has 0 aliphatic rings. The third kappa shape index (κ3) is 3.85. The summed E-state index contributed by atoms with van der Waals surface area (Å²) in [6.45, 7) is 4.09. The van der Waals surface area contributed by atoms with Gasteiger partial charge in [-0.2, -0.15) is 0 Å². The topological polar surface area (TPSA) is 29.5 Å². The number of anilines is 1. The number of carbonyl (C=O) groups is 1. The molecule has 2 rings (SSSR count). The molecule has 1 amide bonds. The Labute approximate surface area is 131 Å². The van der Waals surface area contributed by atoms with Gasteiger partial charge < -0.3 is 4.74 Å². The minimum atomic E-state index is -0.402. The van der Waals surface area contributed by atoms with Crippen molar-refractivity contribution in [3.05, 3.63) is 78.4 Å². The molecule has 3 heteroatoms. The van der Waals surface area contributed by atoms with E-state index in [1.807, 2.05) is 66.7 Å². The molecule has 0 fully saturated rings. The molecule has 0 aromatic heterocycles. The fourth-order valence-corrected chi connectivity index (χ4v) is 2.13. The molecule has 0 aliphatic heterocycles. The fraction of sp³-hybridized carbons (Fsp3) is 0.105. The lowest BCUT2D eigenvalue weighted by Crippen LogP contribution is -2.31. The summed E-state index contributed by atoms with van der Waals surface area (Å²) in [7, 11) is 1.38. The van der Waals surface area contributed by atoms with Gasteiger partial charge in [0.2, 0.25) is 0 Å². The van der Waals surface area contributed by atoms with Crippen LogP contribution in [0.5, 0.6) is 0 Å². The Hall–Kier alpha value is -2.81. The molecule has 0 radical (unpaired) electrons. The number of hydrogen-bond acceptors (Lipinski definition) is 2. The lowest BCUT2D eigenvalue weighted by Gasteiger charge is -2.21. The number of rotatable bonds is 5. The average Bonchev–Trinajstić information content (AvgIpc) is 2.58. The van der Waals surface area contributed by atoms with Crippen LogP contribution in [0.3, 0.4) is 0 Å². The van der Waals surface area contributed by atoms with Crippen LogP contribution in [-0.2, 0) is 4.74 Å². The van der Waals surface area contributed by atoms with Crippen LogP contribution in [0.15, 0.2) is 67.3 Å². The van der Waals surface area contributed by atoms with E-state index in [2.05, 4.69) is 6.58 Å². The molecule has 0 spiro atoms. The van der Waals surface area contributed by atoms with E-state index in [0.717, 1.165) is 16.8 Å². The Bertz CT molecular complexity index is 662. The van der Waals surface area contributed by atoms with E-state index in [-0.39, 0.29) is 0 Å². The molecule has 0 saturated carbocycles. The van der Waals surface area contributed by atoms with Crippen LogP contribution < -0.4 is 4.90 Å². The Kier molecular flexibility index (Phi) is 5.55. The van der Waals surface area contributed by atoms with Crippen LogP contribution in [0, 0.1) is 0 Å². The van der Waals surface area contributed by atoms with E-state index < -0.39 is 6.09 Å². The minimum Gasteiger partial charge on any atom is -0.452 e. The number of carbonyl (C=O) groups excluding carboxylic acids is 1. The van der Waals surface area contributed by atoms with Gasteiger partial charge in [0.25, 0.3) is 0 Å². The first-order valence-electron chi connectivity index (χ1n) is 7.05. The van der Waals surface area contributed by atoms with Gasteiger partial charge in [0.15, 0.2) is 0 Å². The maximum absolute atomic E-state index is 12.0. The maximum atomic E-state index is 12.0. The number of methoxy groups -OCH3 is 1. The van der Waals surface area contributed by atoms with E-state index >= 15 is 0 Å². The van der Waals surface area contributed by atoms with Gasteiger partial charge in [-0.05, 0) is 17.2 Å². The summed E-state index contributed by atoms with van der Waals surface area (Å²) in [5.74, 6) is 0. The average molecular weight is 293 g/mol. The molecule has 0 unspecified atom stereocenters. The summed E-state index contributed by atoms with van der Waals surface area (Å²) in [5, 5.41) is 0. The molecular weight excluding hydrogens is 274 g/mol. The Balaban J connectivity index is 2.35. The van der Waals surface area contributed by atoms with Crippen LogP contribution in [-0.4, -0.2) is 19.7 Å². The van der Waals surface area contributed by atoms with Gasteiger partial charge in [0.05, 0.1) is 12.8 Å². The number of ether oxygens (including phenoxy) is 1. The second kappa shape index (κ2) is 7.84. The lowest BCUT2D eigenvalue weighted by molar-refractivity contribution is 0.179. The Morgan fingerprint density at radius 2 is 1.77 bits per heavy atom. The van der Waals surface area contributed by atoms with Gasteiger partial charge in [-0.1, -0.05) is 66.8 Å². The summed E-state index contributed by atoms with van der Waals surface area (Å²) in [5.41, 5.74) is 2.84. The van der Waals surface area contributed by atoms with Crippen LogP contribution in [0.25, 0.3) is 12.2 Å². The molecular formula is C19H19NO2. The molecule has 22 heavy (non-hydrogen) atoms. The Morgan fingerprint density at radius 1 is 1.09 bits per heavy atom. The second-order valence-corrected chi connectivity index (χ2v) is 4.67. The number of amides is 1. The summed E-state index contributed by atoms with van der Waals surface area (Å²) in [6, 6.07) is 17.7. The molecule has 0 aliphatic carbocycles. The van der Waals surface area contributed by atoms with Crippen molar-refractivity contribution < 1.29 is 9.53 Å². The SMILES string of the molecule is C=CCN(C(=O)OC)c1ccccc1C=Cc1ccccc1. The highest BCUT2D eigenvalue weighted by molar-refractivity contribution is 5.92. The second-order valence-electron chi connectivity index (χ2n) is 4.67. The smallest absolute Gasteiger partial charge is 0.414 e. The first-order valence-corrected chi connectivity index (χ1v) is 7.05. The van der Waals surface area contributed by atoms with Crippen LogP contribution in [0.4, 0.5) is 10.5 Å². The number of nitrogens with zero attached hydrogens (tertiary/aromatic N) is 1. The van der Waals surface area contributed by atoms with Gasteiger partial charge in [0, 0.05) is 6.54 Å². The zero-order chi connectivity index (χ0) is 15.8. The van der Waals surface area contributed by atoms with Crippen molar-refractivity contribution in [3.63, 3.8) is 0 Å². The largest absolute Gasteiger partial charge is 0.452 e. The molecule has 112 valence electrons. The third-order valence-electron chi connectivity index (χ3n) is 3.19. The highest BCUT2D eigenvalue weighted by atomic mass is 16.5. The Morgan fingerprint density at radius 3 is 2.45 bits per heavy atom. The first kappa shape index (κ1) is 15.6. The molecule has 2 aromatic rings. The van der Waals surface area contributed by atoms with Crippen molar-refractivity contribution in [1.29, 1.82) is 0 Å². The standard InChI is InChI=1S/C19H19NO2/c1-3-15-20(19(21)22-2)18-12-8-7-11-17(18)14-13-16-9-5-4-6-10-16/h3-14H,1,15H2,2H3. The molecule has 2 aromatic carbocycles. The van der Waals surface area contributed by atoms with Gasteiger partial charge in [-0.3, -0.25) is 4.90 Å². The number of benzene rings is 2. The highest BCUT2D eigenvalue weighted by Crippen LogP contribution is 2.23. The maximum Gasteiger partial charge on any atom is 0.414 e. The molecule has 0 N–H and O–H groups in total. The van der Waals surface area contributed by atoms with E-state index in [4.69, 9.17) is 4.74 Å². The van der Waals surface area contributed by atoms with Crippen LogP contribution in [0.1, 0.15) is 11.1 Å². The van der Waals surface area contributed by atoms with Gasteiger partial charge >= 0.3 is 6.09 Å². The zero-order valence-electron chi connectivity index (χ0n) is 12.6. The van der Waals surface area contributed by atoms with Crippen molar-refractivity contribution in [2.45, 2.75) is 0 Å². The van der Waals surface area contributed by atoms with E-state index in [0.29, 0.717) is 6.54 Å². The van der Waals surface area contributed by atoms with Crippen molar-refractivity contribution in [1.82, 2.24) is 0 Å². The normalized spacial score (nSPS) is 10.4. The summed E-state index contributed by atoms with van der Waals surface area (Å²) in [4.78, 5) is 13.5. The van der Waals surface area contributed by atoms with E-state index in [1.165, 1.54) is 7.11 Å². The van der Waals surface area contributed by atoms with Crippen molar-refractivity contribution in [2.75, 3.05) is 18.6 Å². The highest BCUT2D eigenvalue weighted by Gasteiger charge is 2.16. The van der Waals surface area contributed by atoms with Crippen LogP contribution in [0.2, 0.25) is 0 Å². The quantitative estimate of drug-likeness (QED) is 0.595. The first-order chi connectivity index (χ1) is 10.8. The van der Waals surface area contributed by atoms with Gasteiger partial charge in [-0.15, -0.1) is 6.58 Å². The van der Waals surface area contributed by atoms with Crippen molar-refractivity contribution in [2.24, 2.45) is 0 Å². The fourth-order valence-electron chi connectivity index (χ4n) is 2.13. The van der Waals surface area contributed by atoms with Crippen molar-refractivity contribution >= 4 is 23.9 Å². The van der Waals surface area contributed by atoms with Crippen LogP contribution >= 0.6 is 0 Å².